The first kappa shape index (κ1) is 15.6. The molecule has 1 aliphatic rings. The average molecular weight is 277 g/mol. The molecule has 3 heteroatoms. The van der Waals surface area contributed by atoms with Gasteiger partial charge in [-0.3, -0.25) is 4.68 Å². The molecular weight excluding hydrogens is 246 g/mol. The second kappa shape index (κ2) is 7.26. The Morgan fingerprint density at radius 3 is 2.65 bits per heavy atom. The maximum atomic E-state index is 4.56. The molecule has 1 aromatic heterocycles. The summed E-state index contributed by atoms with van der Waals surface area (Å²) in [5.74, 6) is 2.42. The van der Waals surface area contributed by atoms with E-state index >= 15 is 0 Å². The highest BCUT2D eigenvalue weighted by Crippen LogP contribution is 2.29. The van der Waals surface area contributed by atoms with Gasteiger partial charge in [-0.15, -0.1) is 0 Å². The van der Waals surface area contributed by atoms with Crippen LogP contribution in [-0.4, -0.2) is 16.3 Å². The van der Waals surface area contributed by atoms with E-state index in [0.717, 1.165) is 24.9 Å². The number of nitrogens with one attached hydrogen (secondary N) is 1. The van der Waals surface area contributed by atoms with Gasteiger partial charge in [0.05, 0.1) is 5.69 Å². The van der Waals surface area contributed by atoms with Gasteiger partial charge < -0.3 is 5.32 Å². The van der Waals surface area contributed by atoms with Crippen molar-refractivity contribution in [1.29, 1.82) is 0 Å². The summed E-state index contributed by atoms with van der Waals surface area (Å²) in [4.78, 5) is 0. The Labute approximate surface area is 124 Å². The van der Waals surface area contributed by atoms with Crippen LogP contribution in [0.1, 0.15) is 70.1 Å². The molecule has 114 valence electrons. The van der Waals surface area contributed by atoms with Crippen molar-refractivity contribution in [2.45, 2.75) is 65.3 Å². The van der Waals surface area contributed by atoms with Crippen LogP contribution in [0.5, 0.6) is 0 Å². The molecule has 2 rings (SSSR count). The van der Waals surface area contributed by atoms with Crippen LogP contribution < -0.4 is 5.32 Å². The van der Waals surface area contributed by atoms with Crippen LogP contribution in [0.25, 0.3) is 0 Å². The van der Waals surface area contributed by atoms with Crippen molar-refractivity contribution in [3.63, 3.8) is 0 Å². The molecule has 1 aromatic rings. The highest BCUT2D eigenvalue weighted by molar-refractivity contribution is 5.19. The number of aryl methyl sites for hydroxylation is 1. The SMILES string of the molecule is CC1CCC(CCNCc2cn(C)nc2C(C)C)CC1. The van der Waals surface area contributed by atoms with E-state index in [1.807, 2.05) is 11.7 Å². The maximum absolute atomic E-state index is 4.56. The predicted molar refractivity (Wildman–Crippen MR) is 84.7 cm³/mol. The van der Waals surface area contributed by atoms with Gasteiger partial charge in [-0.1, -0.05) is 46.5 Å². The van der Waals surface area contributed by atoms with Gasteiger partial charge >= 0.3 is 0 Å². The first-order valence-electron chi connectivity index (χ1n) is 8.29. The first-order chi connectivity index (χ1) is 9.56. The van der Waals surface area contributed by atoms with Crippen molar-refractivity contribution in [2.24, 2.45) is 18.9 Å². The number of hydrogen-bond donors (Lipinski definition) is 1. The fraction of sp³-hybridized carbons (Fsp3) is 0.824. The van der Waals surface area contributed by atoms with E-state index in [0.29, 0.717) is 5.92 Å². The van der Waals surface area contributed by atoms with E-state index in [2.05, 4.69) is 37.4 Å². The van der Waals surface area contributed by atoms with Crippen molar-refractivity contribution in [2.75, 3.05) is 6.54 Å². The highest BCUT2D eigenvalue weighted by atomic mass is 15.3. The molecule has 1 N–H and O–H groups in total. The van der Waals surface area contributed by atoms with Crippen LogP contribution >= 0.6 is 0 Å². The zero-order valence-electron chi connectivity index (χ0n) is 13.7. The van der Waals surface area contributed by atoms with Gasteiger partial charge in [-0.2, -0.15) is 5.10 Å². The molecule has 3 nitrogen and oxygen atoms in total. The second-order valence-electron chi connectivity index (χ2n) is 6.96. The summed E-state index contributed by atoms with van der Waals surface area (Å²) in [7, 11) is 2.01. The van der Waals surface area contributed by atoms with E-state index in [4.69, 9.17) is 0 Å². The minimum absolute atomic E-state index is 0.507. The summed E-state index contributed by atoms with van der Waals surface area (Å²) in [5, 5.41) is 8.18. The van der Waals surface area contributed by atoms with Gasteiger partial charge in [0, 0.05) is 25.4 Å². The molecule has 1 fully saturated rings. The highest BCUT2D eigenvalue weighted by Gasteiger charge is 2.17. The van der Waals surface area contributed by atoms with Gasteiger partial charge in [-0.05, 0) is 30.7 Å². The number of aromatic nitrogens is 2. The fourth-order valence-electron chi connectivity index (χ4n) is 3.32. The lowest BCUT2D eigenvalue weighted by Crippen LogP contribution is -2.21. The normalized spacial score (nSPS) is 23.4. The summed E-state index contributed by atoms with van der Waals surface area (Å²) in [6, 6.07) is 0. The Balaban J connectivity index is 1.71. The molecule has 1 saturated carbocycles. The molecule has 0 saturated heterocycles. The minimum Gasteiger partial charge on any atom is -0.313 e. The lowest BCUT2D eigenvalue weighted by atomic mass is 9.81. The fourth-order valence-corrected chi connectivity index (χ4v) is 3.32. The van der Waals surface area contributed by atoms with Gasteiger partial charge in [0.2, 0.25) is 0 Å². The minimum atomic E-state index is 0.507. The maximum Gasteiger partial charge on any atom is 0.0694 e. The zero-order chi connectivity index (χ0) is 14.5. The van der Waals surface area contributed by atoms with Crippen molar-refractivity contribution in [1.82, 2.24) is 15.1 Å². The van der Waals surface area contributed by atoms with Crippen molar-refractivity contribution in [3.8, 4) is 0 Å². The Morgan fingerprint density at radius 1 is 1.30 bits per heavy atom. The van der Waals surface area contributed by atoms with Crippen LogP contribution in [0, 0.1) is 11.8 Å². The van der Waals surface area contributed by atoms with E-state index in [-0.39, 0.29) is 0 Å². The topological polar surface area (TPSA) is 29.9 Å². The van der Waals surface area contributed by atoms with Gasteiger partial charge in [0.1, 0.15) is 0 Å². The molecule has 1 aliphatic carbocycles. The molecule has 0 bridgehead atoms. The molecule has 0 unspecified atom stereocenters. The van der Waals surface area contributed by atoms with Crippen molar-refractivity contribution in [3.05, 3.63) is 17.5 Å². The molecule has 0 aliphatic heterocycles. The molecule has 1 heterocycles. The van der Waals surface area contributed by atoms with Crippen LogP contribution in [0.3, 0.4) is 0 Å². The number of rotatable bonds is 6. The molecule has 0 atom stereocenters. The molecular formula is C17H31N3. The molecule has 0 aromatic carbocycles. The van der Waals surface area contributed by atoms with Gasteiger partial charge in [0.15, 0.2) is 0 Å². The van der Waals surface area contributed by atoms with Crippen molar-refractivity contribution >= 4 is 0 Å². The Hall–Kier alpha value is -0.830. The number of hydrogen-bond acceptors (Lipinski definition) is 2. The summed E-state index contributed by atoms with van der Waals surface area (Å²) < 4.78 is 1.94. The van der Waals surface area contributed by atoms with E-state index in [9.17, 15) is 0 Å². The summed E-state index contributed by atoms with van der Waals surface area (Å²) in [6.07, 6.45) is 9.24. The van der Waals surface area contributed by atoms with Crippen LogP contribution in [0.2, 0.25) is 0 Å². The third-order valence-electron chi connectivity index (χ3n) is 4.66. The van der Waals surface area contributed by atoms with Crippen LogP contribution in [0.4, 0.5) is 0 Å². The molecule has 0 radical (unpaired) electrons. The Morgan fingerprint density at radius 2 is 2.00 bits per heavy atom. The van der Waals surface area contributed by atoms with E-state index < -0.39 is 0 Å². The van der Waals surface area contributed by atoms with E-state index in [1.165, 1.54) is 43.4 Å². The molecule has 0 amide bonds. The van der Waals surface area contributed by atoms with Gasteiger partial charge in [0.25, 0.3) is 0 Å². The largest absolute Gasteiger partial charge is 0.313 e. The van der Waals surface area contributed by atoms with Gasteiger partial charge in [-0.25, -0.2) is 0 Å². The molecule has 20 heavy (non-hydrogen) atoms. The zero-order valence-corrected chi connectivity index (χ0v) is 13.7. The molecule has 0 spiro atoms. The Bertz CT molecular complexity index is 400. The van der Waals surface area contributed by atoms with Crippen molar-refractivity contribution < 1.29 is 0 Å². The van der Waals surface area contributed by atoms with Crippen LogP contribution in [0.15, 0.2) is 6.20 Å². The lowest BCUT2D eigenvalue weighted by molar-refractivity contribution is 0.275. The summed E-state index contributed by atoms with van der Waals surface area (Å²) in [5.41, 5.74) is 2.60. The number of nitrogens with zero attached hydrogens (tertiary/aromatic N) is 2. The van der Waals surface area contributed by atoms with E-state index in [1.54, 1.807) is 0 Å². The first-order valence-corrected chi connectivity index (χ1v) is 8.29. The monoisotopic (exact) mass is 277 g/mol. The predicted octanol–water partition coefficient (Wildman–Crippen LogP) is 3.85. The Kier molecular flexibility index (Phi) is 5.64. The average Bonchev–Trinajstić information content (AvgIpc) is 2.78. The third kappa shape index (κ3) is 4.34. The quantitative estimate of drug-likeness (QED) is 0.800. The lowest BCUT2D eigenvalue weighted by Gasteiger charge is -2.26. The second-order valence-corrected chi connectivity index (χ2v) is 6.96. The smallest absolute Gasteiger partial charge is 0.0694 e. The third-order valence-corrected chi connectivity index (χ3v) is 4.66. The summed E-state index contributed by atoms with van der Waals surface area (Å²) in [6.45, 7) is 8.93. The standard InChI is InChI=1S/C17H31N3/c1-13(2)17-16(12-20(4)19-17)11-18-10-9-15-7-5-14(3)6-8-15/h12-15,18H,5-11H2,1-4H3. The summed E-state index contributed by atoms with van der Waals surface area (Å²) >= 11 is 0. The van der Waals surface area contributed by atoms with Crippen LogP contribution in [-0.2, 0) is 13.6 Å².